The summed E-state index contributed by atoms with van der Waals surface area (Å²) < 4.78 is 0. The van der Waals surface area contributed by atoms with Crippen LogP contribution in [0.5, 0.6) is 0 Å². The van der Waals surface area contributed by atoms with E-state index in [1.807, 2.05) is 26.2 Å². The minimum absolute atomic E-state index is 0.0531. The van der Waals surface area contributed by atoms with Crippen LogP contribution in [0.2, 0.25) is 0 Å². The normalized spacial score (nSPS) is 10.8. The second-order valence-electron chi connectivity index (χ2n) is 6.40. The molecule has 5 heteroatoms. The Balaban J connectivity index is 2.10. The van der Waals surface area contributed by atoms with Crippen molar-refractivity contribution in [3.05, 3.63) is 53.7 Å². The molecule has 0 aliphatic heterocycles. The van der Waals surface area contributed by atoms with Gasteiger partial charge in [-0.2, -0.15) is 0 Å². The summed E-state index contributed by atoms with van der Waals surface area (Å²) in [5, 5.41) is 2.98. The smallest absolute Gasteiger partial charge is 0.251 e. The number of nitrogens with zero attached hydrogens (tertiary/aromatic N) is 3. The minimum atomic E-state index is -0.0531. The Kier molecular flexibility index (Phi) is 6.95. The molecular weight excluding hydrogens is 312 g/mol. The second kappa shape index (κ2) is 9.18. The number of carbonyl (C=O) groups is 1. The third kappa shape index (κ3) is 5.57. The van der Waals surface area contributed by atoms with Crippen molar-refractivity contribution in [3.8, 4) is 0 Å². The first-order chi connectivity index (χ1) is 12.0. The van der Waals surface area contributed by atoms with Crippen LogP contribution in [0, 0.1) is 6.92 Å². The van der Waals surface area contributed by atoms with E-state index in [9.17, 15) is 4.79 Å². The van der Waals surface area contributed by atoms with Crippen molar-refractivity contribution >= 4 is 17.4 Å². The molecule has 0 spiro atoms. The number of amides is 1. The number of nitrogens with one attached hydrogen (secondary N) is 1. The molecule has 134 valence electrons. The molecule has 1 heterocycles. The van der Waals surface area contributed by atoms with Crippen LogP contribution in [-0.2, 0) is 0 Å². The fourth-order valence-electron chi connectivity index (χ4n) is 2.68. The fourth-order valence-corrected chi connectivity index (χ4v) is 2.68. The lowest BCUT2D eigenvalue weighted by Gasteiger charge is -2.23. The molecule has 0 unspecified atom stereocenters. The van der Waals surface area contributed by atoms with Crippen LogP contribution in [-0.4, -0.2) is 49.5 Å². The van der Waals surface area contributed by atoms with Crippen molar-refractivity contribution in [1.82, 2.24) is 15.2 Å². The summed E-state index contributed by atoms with van der Waals surface area (Å²) in [4.78, 5) is 21.0. The highest BCUT2D eigenvalue weighted by Crippen LogP contribution is 2.24. The first-order valence-electron chi connectivity index (χ1n) is 8.74. The molecule has 0 aliphatic rings. The average Bonchev–Trinajstić information content (AvgIpc) is 2.59. The number of carbonyl (C=O) groups excluding carboxylic acids is 1. The van der Waals surface area contributed by atoms with Gasteiger partial charge in [0.15, 0.2) is 0 Å². The molecule has 0 fully saturated rings. The summed E-state index contributed by atoms with van der Waals surface area (Å²) in [6.07, 6.45) is 2.63. The van der Waals surface area contributed by atoms with Gasteiger partial charge in [0.1, 0.15) is 5.82 Å². The van der Waals surface area contributed by atoms with Gasteiger partial charge in [-0.15, -0.1) is 0 Å². The number of benzene rings is 1. The van der Waals surface area contributed by atoms with E-state index in [4.69, 9.17) is 0 Å². The van der Waals surface area contributed by atoms with Gasteiger partial charge in [-0.05, 0) is 70.7 Å². The number of aryl methyl sites for hydroxylation is 1. The van der Waals surface area contributed by atoms with Crippen LogP contribution in [0.1, 0.15) is 29.3 Å². The zero-order chi connectivity index (χ0) is 18.2. The van der Waals surface area contributed by atoms with Gasteiger partial charge < -0.3 is 15.1 Å². The van der Waals surface area contributed by atoms with Gasteiger partial charge in [0.05, 0.1) is 0 Å². The predicted octanol–water partition coefficient (Wildman–Crippen LogP) is 3.23. The van der Waals surface area contributed by atoms with Gasteiger partial charge in [0.25, 0.3) is 5.91 Å². The van der Waals surface area contributed by atoms with Crippen LogP contribution in [0.15, 0.2) is 42.6 Å². The number of rotatable bonds is 8. The molecular formula is C20H28N4O. The van der Waals surface area contributed by atoms with Crippen molar-refractivity contribution in [2.45, 2.75) is 20.3 Å². The number of pyridine rings is 1. The van der Waals surface area contributed by atoms with E-state index in [2.05, 4.69) is 52.1 Å². The molecule has 0 aliphatic carbocycles. The molecule has 5 nitrogen and oxygen atoms in total. The van der Waals surface area contributed by atoms with Crippen molar-refractivity contribution in [1.29, 1.82) is 0 Å². The van der Waals surface area contributed by atoms with Gasteiger partial charge in [0.2, 0.25) is 0 Å². The van der Waals surface area contributed by atoms with Crippen LogP contribution < -0.4 is 10.2 Å². The molecule has 1 amide bonds. The predicted molar refractivity (Wildman–Crippen MR) is 104 cm³/mol. The summed E-state index contributed by atoms with van der Waals surface area (Å²) in [6, 6.07) is 11.9. The topological polar surface area (TPSA) is 48.5 Å². The Bertz CT molecular complexity index is 700. The number of hydrogen-bond acceptors (Lipinski definition) is 4. The number of anilines is 2. The van der Waals surface area contributed by atoms with Crippen LogP contribution in [0.4, 0.5) is 11.5 Å². The molecule has 2 aromatic rings. The SMILES string of the molecule is CCN(c1cccc(C)c1)c1cc(C(=O)NCCCN(C)C)ccn1. The zero-order valence-corrected chi connectivity index (χ0v) is 15.6. The van der Waals surface area contributed by atoms with E-state index in [-0.39, 0.29) is 5.91 Å². The van der Waals surface area contributed by atoms with Gasteiger partial charge in [-0.3, -0.25) is 4.79 Å². The van der Waals surface area contributed by atoms with E-state index in [1.54, 1.807) is 12.3 Å². The van der Waals surface area contributed by atoms with Gasteiger partial charge >= 0.3 is 0 Å². The summed E-state index contributed by atoms with van der Waals surface area (Å²) in [6.45, 7) is 6.56. The largest absolute Gasteiger partial charge is 0.352 e. The Hall–Kier alpha value is -2.40. The average molecular weight is 340 g/mol. The molecule has 1 aromatic heterocycles. The van der Waals surface area contributed by atoms with Gasteiger partial charge in [-0.25, -0.2) is 4.98 Å². The summed E-state index contributed by atoms with van der Waals surface area (Å²) in [5.74, 6) is 0.733. The van der Waals surface area contributed by atoms with E-state index < -0.39 is 0 Å². The summed E-state index contributed by atoms with van der Waals surface area (Å²) in [7, 11) is 4.06. The maximum Gasteiger partial charge on any atom is 0.251 e. The molecule has 0 saturated carbocycles. The second-order valence-corrected chi connectivity index (χ2v) is 6.40. The Morgan fingerprint density at radius 3 is 2.68 bits per heavy atom. The lowest BCUT2D eigenvalue weighted by Crippen LogP contribution is -2.27. The van der Waals surface area contributed by atoms with Crippen molar-refractivity contribution < 1.29 is 4.79 Å². The maximum absolute atomic E-state index is 12.4. The lowest BCUT2D eigenvalue weighted by molar-refractivity contribution is 0.0952. The van der Waals surface area contributed by atoms with Crippen LogP contribution in [0.25, 0.3) is 0 Å². The zero-order valence-electron chi connectivity index (χ0n) is 15.6. The number of aromatic nitrogens is 1. The fraction of sp³-hybridized carbons (Fsp3) is 0.400. The third-order valence-corrected chi connectivity index (χ3v) is 3.98. The summed E-state index contributed by atoms with van der Waals surface area (Å²) >= 11 is 0. The standard InChI is InChI=1S/C20H28N4O/c1-5-24(18-9-6-8-16(2)14-18)19-15-17(10-12-21-19)20(25)22-11-7-13-23(3)4/h6,8-10,12,14-15H,5,7,11,13H2,1-4H3,(H,22,25). The highest BCUT2D eigenvalue weighted by molar-refractivity contribution is 5.95. The monoisotopic (exact) mass is 340 g/mol. The minimum Gasteiger partial charge on any atom is -0.352 e. The first kappa shape index (κ1) is 18.9. The maximum atomic E-state index is 12.4. The quantitative estimate of drug-likeness (QED) is 0.750. The molecule has 0 radical (unpaired) electrons. The highest BCUT2D eigenvalue weighted by Gasteiger charge is 2.12. The van der Waals surface area contributed by atoms with E-state index >= 15 is 0 Å². The van der Waals surface area contributed by atoms with E-state index in [1.165, 1.54) is 5.56 Å². The first-order valence-corrected chi connectivity index (χ1v) is 8.74. The summed E-state index contributed by atoms with van der Waals surface area (Å²) in [5.41, 5.74) is 2.92. The highest BCUT2D eigenvalue weighted by atomic mass is 16.1. The third-order valence-electron chi connectivity index (χ3n) is 3.98. The molecule has 1 N–H and O–H groups in total. The van der Waals surface area contributed by atoms with E-state index in [0.717, 1.165) is 31.0 Å². The Morgan fingerprint density at radius 1 is 1.20 bits per heavy atom. The van der Waals surface area contributed by atoms with Crippen molar-refractivity contribution in [2.24, 2.45) is 0 Å². The molecule has 0 bridgehead atoms. The van der Waals surface area contributed by atoms with Crippen LogP contribution >= 0.6 is 0 Å². The van der Waals surface area contributed by atoms with Crippen molar-refractivity contribution in [3.63, 3.8) is 0 Å². The van der Waals surface area contributed by atoms with Gasteiger partial charge in [-0.1, -0.05) is 12.1 Å². The molecule has 1 aromatic carbocycles. The lowest BCUT2D eigenvalue weighted by atomic mass is 10.2. The van der Waals surface area contributed by atoms with Gasteiger partial charge in [0, 0.05) is 30.5 Å². The van der Waals surface area contributed by atoms with Crippen LogP contribution in [0.3, 0.4) is 0 Å². The van der Waals surface area contributed by atoms with E-state index in [0.29, 0.717) is 12.1 Å². The van der Waals surface area contributed by atoms with Crippen molar-refractivity contribution in [2.75, 3.05) is 38.6 Å². The Morgan fingerprint density at radius 2 is 2.00 bits per heavy atom. The molecule has 2 rings (SSSR count). The number of hydrogen-bond donors (Lipinski definition) is 1. The molecule has 0 saturated heterocycles. The Labute approximate surface area is 150 Å². The molecule has 25 heavy (non-hydrogen) atoms. The molecule has 0 atom stereocenters.